The summed E-state index contributed by atoms with van der Waals surface area (Å²) in [6, 6.07) is 4.66. The topological polar surface area (TPSA) is 111 Å². The van der Waals surface area contributed by atoms with E-state index in [1.165, 1.54) is 12.1 Å². The fraction of sp³-hybridized carbons (Fsp3) is 0.333. The van der Waals surface area contributed by atoms with Gasteiger partial charge in [-0.05, 0) is 24.6 Å². The van der Waals surface area contributed by atoms with Gasteiger partial charge in [-0.3, -0.25) is 0 Å². The lowest BCUT2D eigenvalue weighted by atomic mass is 10.2. The number of sulfonamides is 1. The molecule has 0 fully saturated rings. The molecule has 2 aromatic rings. The molecular formula is C12H15ClN4O3S. The van der Waals surface area contributed by atoms with Crippen LogP contribution in [0, 0.1) is 6.92 Å². The van der Waals surface area contributed by atoms with Crippen LogP contribution >= 0.6 is 11.6 Å². The first-order valence-corrected chi connectivity index (χ1v) is 8.06. The van der Waals surface area contributed by atoms with E-state index in [4.69, 9.17) is 21.9 Å². The van der Waals surface area contributed by atoms with Crippen LogP contribution in [0.1, 0.15) is 17.3 Å². The van der Waals surface area contributed by atoms with Crippen LogP contribution in [0.4, 0.5) is 0 Å². The molecule has 21 heavy (non-hydrogen) atoms. The van der Waals surface area contributed by atoms with E-state index in [0.29, 0.717) is 23.7 Å². The summed E-state index contributed by atoms with van der Waals surface area (Å²) >= 11 is 5.94. The summed E-state index contributed by atoms with van der Waals surface area (Å²) in [5, 5.41) is 3.77. The number of aromatic nitrogens is 2. The second-order valence-electron chi connectivity index (χ2n) is 4.35. The minimum absolute atomic E-state index is 0.00817. The Morgan fingerprint density at radius 3 is 2.81 bits per heavy atom. The number of nitrogens with zero attached hydrogens (tertiary/aromatic N) is 2. The summed E-state index contributed by atoms with van der Waals surface area (Å²) < 4.78 is 31.8. The van der Waals surface area contributed by atoms with Crippen LogP contribution in [0.15, 0.2) is 27.6 Å². The van der Waals surface area contributed by atoms with E-state index in [1.54, 1.807) is 13.0 Å². The Morgan fingerprint density at radius 1 is 1.43 bits per heavy atom. The van der Waals surface area contributed by atoms with Crippen LogP contribution in [0.5, 0.6) is 0 Å². The van der Waals surface area contributed by atoms with Crippen molar-refractivity contribution < 1.29 is 12.9 Å². The molecule has 114 valence electrons. The van der Waals surface area contributed by atoms with Crippen LogP contribution in [0.2, 0.25) is 5.02 Å². The van der Waals surface area contributed by atoms with Crippen molar-refractivity contribution in [2.45, 2.75) is 24.8 Å². The van der Waals surface area contributed by atoms with Crippen molar-refractivity contribution in [3.05, 3.63) is 40.5 Å². The average molecular weight is 331 g/mol. The predicted molar refractivity (Wildman–Crippen MR) is 77.3 cm³/mol. The maximum atomic E-state index is 12.2. The van der Waals surface area contributed by atoms with Gasteiger partial charge in [0.05, 0.1) is 5.02 Å². The summed E-state index contributed by atoms with van der Waals surface area (Å²) in [5.41, 5.74) is 6.19. The Balaban J connectivity index is 2.07. The van der Waals surface area contributed by atoms with Crippen molar-refractivity contribution in [3.8, 4) is 0 Å². The number of rotatable bonds is 6. The van der Waals surface area contributed by atoms with Gasteiger partial charge >= 0.3 is 0 Å². The minimum Gasteiger partial charge on any atom is -0.339 e. The van der Waals surface area contributed by atoms with Crippen molar-refractivity contribution in [3.63, 3.8) is 0 Å². The maximum Gasteiger partial charge on any atom is 0.242 e. The highest BCUT2D eigenvalue weighted by molar-refractivity contribution is 7.89. The van der Waals surface area contributed by atoms with Gasteiger partial charge in [0.15, 0.2) is 5.82 Å². The van der Waals surface area contributed by atoms with Gasteiger partial charge in [-0.1, -0.05) is 22.8 Å². The summed E-state index contributed by atoms with van der Waals surface area (Å²) in [5.74, 6) is 0.878. The Kier molecular flexibility index (Phi) is 4.94. The molecule has 0 amide bonds. The zero-order chi connectivity index (χ0) is 15.5. The molecule has 0 bridgehead atoms. The molecule has 9 heteroatoms. The van der Waals surface area contributed by atoms with Crippen LogP contribution in [0.25, 0.3) is 0 Å². The summed E-state index contributed by atoms with van der Waals surface area (Å²) in [7, 11) is -3.71. The third kappa shape index (κ3) is 4.01. The largest absolute Gasteiger partial charge is 0.339 e. The van der Waals surface area contributed by atoms with Gasteiger partial charge in [0.2, 0.25) is 15.9 Å². The highest BCUT2D eigenvalue weighted by Gasteiger charge is 2.18. The van der Waals surface area contributed by atoms with E-state index in [0.717, 1.165) is 0 Å². The fourth-order valence-electron chi connectivity index (χ4n) is 1.69. The lowest BCUT2D eigenvalue weighted by Crippen LogP contribution is -2.26. The molecule has 7 nitrogen and oxygen atoms in total. The van der Waals surface area contributed by atoms with Gasteiger partial charge in [-0.25, -0.2) is 13.1 Å². The van der Waals surface area contributed by atoms with E-state index in [9.17, 15) is 8.42 Å². The first-order chi connectivity index (χ1) is 9.92. The quantitative estimate of drug-likeness (QED) is 0.817. The molecule has 0 atom stereocenters. The predicted octanol–water partition coefficient (Wildman–Crippen LogP) is 1.01. The lowest BCUT2D eigenvalue weighted by molar-refractivity contribution is 0.375. The molecule has 1 heterocycles. The molecule has 0 spiro atoms. The number of aryl methyl sites for hydroxylation is 1. The molecular weight excluding hydrogens is 316 g/mol. The van der Waals surface area contributed by atoms with E-state index in [1.807, 2.05) is 0 Å². The van der Waals surface area contributed by atoms with Crippen molar-refractivity contribution >= 4 is 21.6 Å². The van der Waals surface area contributed by atoms with Crippen LogP contribution in [-0.2, 0) is 23.0 Å². The normalized spacial score (nSPS) is 11.8. The second kappa shape index (κ2) is 6.52. The number of nitrogens with two attached hydrogens (primary N) is 1. The smallest absolute Gasteiger partial charge is 0.242 e. The Hall–Kier alpha value is -1.48. The SMILES string of the molecule is Cc1noc(CCNS(=O)(=O)c2cc(CN)ccc2Cl)n1. The summed E-state index contributed by atoms with van der Waals surface area (Å²) in [6.07, 6.45) is 0.300. The monoisotopic (exact) mass is 330 g/mol. The number of hydrogen-bond donors (Lipinski definition) is 2. The molecule has 1 aromatic heterocycles. The molecule has 2 rings (SSSR count). The van der Waals surface area contributed by atoms with Crippen molar-refractivity contribution in [1.29, 1.82) is 0 Å². The number of halogens is 1. The zero-order valence-electron chi connectivity index (χ0n) is 11.3. The van der Waals surface area contributed by atoms with E-state index in [2.05, 4.69) is 14.9 Å². The summed E-state index contributed by atoms with van der Waals surface area (Å²) in [4.78, 5) is 4.00. The van der Waals surface area contributed by atoms with E-state index in [-0.39, 0.29) is 23.0 Å². The number of nitrogens with one attached hydrogen (secondary N) is 1. The number of hydrogen-bond acceptors (Lipinski definition) is 6. The van der Waals surface area contributed by atoms with Gasteiger partial charge in [0, 0.05) is 19.5 Å². The third-order valence-electron chi connectivity index (χ3n) is 2.72. The molecule has 0 unspecified atom stereocenters. The molecule has 3 N–H and O–H groups in total. The third-order valence-corrected chi connectivity index (χ3v) is 4.66. The fourth-order valence-corrected chi connectivity index (χ4v) is 3.27. The van der Waals surface area contributed by atoms with Crippen LogP contribution < -0.4 is 10.5 Å². The molecule has 0 saturated heterocycles. The average Bonchev–Trinajstić information content (AvgIpc) is 2.84. The van der Waals surface area contributed by atoms with E-state index < -0.39 is 10.0 Å². The van der Waals surface area contributed by atoms with Crippen molar-refractivity contribution in [2.75, 3.05) is 6.54 Å². The van der Waals surface area contributed by atoms with Gasteiger partial charge in [0.1, 0.15) is 4.90 Å². The maximum absolute atomic E-state index is 12.2. The van der Waals surface area contributed by atoms with E-state index >= 15 is 0 Å². The van der Waals surface area contributed by atoms with Crippen LogP contribution in [0.3, 0.4) is 0 Å². The second-order valence-corrected chi connectivity index (χ2v) is 6.49. The molecule has 0 aliphatic heterocycles. The molecule has 0 saturated carbocycles. The molecule has 1 aromatic carbocycles. The molecule has 0 radical (unpaired) electrons. The highest BCUT2D eigenvalue weighted by atomic mass is 35.5. The van der Waals surface area contributed by atoms with Gasteiger partial charge < -0.3 is 10.3 Å². The van der Waals surface area contributed by atoms with Crippen molar-refractivity contribution in [1.82, 2.24) is 14.9 Å². The standard InChI is InChI=1S/C12H15ClN4O3S/c1-8-16-12(20-17-8)4-5-15-21(18,19)11-6-9(7-14)2-3-10(11)13/h2-3,6,15H,4-5,7,14H2,1H3. The number of benzene rings is 1. The first kappa shape index (κ1) is 15.9. The van der Waals surface area contributed by atoms with Gasteiger partial charge in [-0.2, -0.15) is 4.98 Å². The van der Waals surface area contributed by atoms with Gasteiger partial charge in [-0.15, -0.1) is 0 Å². The summed E-state index contributed by atoms with van der Waals surface area (Å²) in [6.45, 7) is 2.06. The Labute approximate surface area is 127 Å². The van der Waals surface area contributed by atoms with Crippen LogP contribution in [-0.4, -0.2) is 25.1 Å². The highest BCUT2D eigenvalue weighted by Crippen LogP contribution is 2.22. The minimum atomic E-state index is -3.71. The Bertz CT molecular complexity index is 730. The van der Waals surface area contributed by atoms with Crippen molar-refractivity contribution in [2.24, 2.45) is 5.73 Å². The lowest BCUT2D eigenvalue weighted by Gasteiger charge is -2.09. The van der Waals surface area contributed by atoms with Gasteiger partial charge in [0.25, 0.3) is 0 Å². The molecule has 0 aliphatic carbocycles. The Morgan fingerprint density at radius 2 is 2.19 bits per heavy atom. The first-order valence-electron chi connectivity index (χ1n) is 6.20. The zero-order valence-corrected chi connectivity index (χ0v) is 12.9. The molecule has 0 aliphatic rings.